The number of primary amides is 2. The Morgan fingerprint density at radius 2 is 0.833 bits per heavy atom. The number of benzene rings is 3. The summed E-state index contributed by atoms with van der Waals surface area (Å²) < 4.78 is 10.7. The van der Waals surface area contributed by atoms with Gasteiger partial charge in [-0.05, 0) is 46.5 Å². The molecule has 0 unspecified atom stereocenters. The number of nitrogens with one attached hydrogen (secondary N) is 2. The van der Waals surface area contributed by atoms with Gasteiger partial charge in [-0.15, -0.1) is 0 Å². The molecule has 36 heavy (non-hydrogen) atoms. The predicted molar refractivity (Wildman–Crippen MR) is 130 cm³/mol. The Morgan fingerprint density at radius 3 is 1.14 bits per heavy atom. The van der Waals surface area contributed by atoms with Crippen LogP contribution in [0.3, 0.4) is 0 Å². The molecule has 0 spiro atoms. The summed E-state index contributed by atoms with van der Waals surface area (Å²) >= 11 is 0. The molecule has 10 heteroatoms. The van der Waals surface area contributed by atoms with Crippen molar-refractivity contribution >= 4 is 24.0 Å². The van der Waals surface area contributed by atoms with E-state index in [9.17, 15) is 19.2 Å². The number of nitrogens with two attached hydrogens (primary N) is 2. The zero-order chi connectivity index (χ0) is 25.9. The minimum atomic E-state index is -0.620. The second-order valence-corrected chi connectivity index (χ2v) is 7.80. The Bertz CT molecular complexity index is 1110. The van der Waals surface area contributed by atoms with Crippen LogP contribution in [0.2, 0.25) is 0 Å². The van der Waals surface area contributed by atoms with Crippen LogP contribution in [0.25, 0.3) is 0 Å². The number of ether oxygens (including phenoxy) is 2. The Labute approximate surface area is 207 Å². The van der Waals surface area contributed by atoms with E-state index in [1.165, 1.54) is 0 Å². The summed E-state index contributed by atoms with van der Waals surface area (Å²) in [5, 5.41) is 4.95. The summed E-state index contributed by atoms with van der Waals surface area (Å²) in [7, 11) is 0. The van der Waals surface area contributed by atoms with Crippen molar-refractivity contribution in [2.75, 3.05) is 0 Å². The summed E-state index contributed by atoms with van der Waals surface area (Å²) in [5.74, 6) is -0.947. The second-order valence-electron chi connectivity index (χ2n) is 7.80. The van der Waals surface area contributed by atoms with E-state index in [4.69, 9.17) is 20.9 Å². The highest BCUT2D eigenvalue weighted by Crippen LogP contribution is 2.12. The SMILES string of the molecule is NC(=O)NCc1ccc(C(=O)OCc2ccc(COC(=O)c3ccc(CNC(N)=O)cc3)cc2)cc1. The molecule has 0 heterocycles. The Hall–Kier alpha value is -4.86. The number of hydrogen-bond donors (Lipinski definition) is 4. The lowest BCUT2D eigenvalue weighted by molar-refractivity contribution is 0.0460. The molecule has 0 atom stereocenters. The molecule has 3 rings (SSSR count). The van der Waals surface area contributed by atoms with Gasteiger partial charge in [0.25, 0.3) is 0 Å². The van der Waals surface area contributed by atoms with Crippen molar-refractivity contribution in [1.29, 1.82) is 0 Å². The number of carbonyl (C=O) groups excluding carboxylic acids is 4. The smallest absolute Gasteiger partial charge is 0.338 e. The average molecular weight is 491 g/mol. The first-order valence-corrected chi connectivity index (χ1v) is 11.0. The number of urea groups is 2. The van der Waals surface area contributed by atoms with Crippen molar-refractivity contribution in [3.63, 3.8) is 0 Å². The molecule has 6 N–H and O–H groups in total. The first-order valence-electron chi connectivity index (χ1n) is 11.0. The number of rotatable bonds is 10. The van der Waals surface area contributed by atoms with Crippen LogP contribution >= 0.6 is 0 Å². The van der Waals surface area contributed by atoms with E-state index < -0.39 is 24.0 Å². The normalized spacial score (nSPS) is 10.2. The van der Waals surface area contributed by atoms with Crippen LogP contribution in [0, 0.1) is 0 Å². The van der Waals surface area contributed by atoms with Gasteiger partial charge in [-0.1, -0.05) is 48.5 Å². The van der Waals surface area contributed by atoms with Gasteiger partial charge in [0, 0.05) is 13.1 Å². The molecule has 0 aromatic heterocycles. The molecule has 0 bridgehead atoms. The fourth-order valence-electron chi connectivity index (χ4n) is 3.09. The Kier molecular flexibility index (Phi) is 8.99. The van der Waals surface area contributed by atoms with E-state index in [-0.39, 0.29) is 26.3 Å². The topological polar surface area (TPSA) is 163 Å². The van der Waals surface area contributed by atoms with E-state index >= 15 is 0 Å². The van der Waals surface area contributed by atoms with Gasteiger partial charge in [0.05, 0.1) is 11.1 Å². The molecule has 3 aromatic rings. The zero-order valence-electron chi connectivity index (χ0n) is 19.4. The molecule has 0 saturated heterocycles. The largest absolute Gasteiger partial charge is 0.457 e. The first kappa shape index (κ1) is 25.8. The van der Waals surface area contributed by atoms with E-state index in [0.29, 0.717) is 11.1 Å². The lowest BCUT2D eigenvalue weighted by Crippen LogP contribution is -2.28. The molecular weight excluding hydrogens is 464 g/mol. The average Bonchev–Trinajstić information content (AvgIpc) is 2.89. The van der Waals surface area contributed by atoms with E-state index in [0.717, 1.165) is 22.3 Å². The predicted octanol–water partition coefficient (Wildman–Crippen LogP) is 2.74. The van der Waals surface area contributed by atoms with Crippen LogP contribution in [0.4, 0.5) is 9.59 Å². The summed E-state index contributed by atoms with van der Waals surface area (Å²) in [6.45, 7) is 0.713. The van der Waals surface area contributed by atoms with Gasteiger partial charge in [0.15, 0.2) is 0 Å². The molecule has 4 amide bonds. The van der Waals surface area contributed by atoms with Crippen LogP contribution in [-0.4, -0.2) is 24.0 Å². The third-order valence-electron chi connectivity index (χ3n) is 5.08. The standard InChI is InChI=1S/C26H26N4O6/c27-25(33)29-13-17-5-9-21(10-6-17)23(31)35-15-19-1-2-20(4-3-19)16-36-24(32)22-11-7-18(8-12-22)14-30-26(28)34/h1-12H,13-16H2,(H3,27,29,33)(H3,28,30,34). The molecular formula is C26H26N4O6. The summed E-state index contributed by atoms with van der Waals surface area (Å²) in [6.07, 6.45) is 0. The lowest BCUT2D eigenvalue weighted by Gasteiger charge is -2.08. The van der Waals surface area contributed by atoms with Crippen LogP contribution in [-0.2, 0) is 35.8 Å². The molecule has 10 nitrogen and oxygen atoms in total. The molecule has 0 aliphatic heterocycles. The van der Waals surface area contributed by atoms with Crippen molar-refractivity contribution in [2.45, 2.75) is 26.3 Å². The second kappa shape index (κ2) is 12.6. The zero-order valence-corrected chi connectivity index (χ0v) is 19.4. The minimum Gasteiger partial charge on any atom is -0.457 e. The molecule has 3 aromatic carbocycles. The molecule has 0 aliphatic carbocycles. The number of carbonyl (C=O) groups is 4. The van der Waals surface area contributed by atoms with Crippen LogP contribution < -0.4 is 22.1 Å². The Morgan fingerprint density at radius 1 is 0.528 bits per heavy atom. The highest BCUT2D eigenvalue weighted by Gasteiger charge is 2.10. The third kappa shape index (κ3) is 8.17. The van der Waals surface area contributed by atoms with Crippen LogP contribution in [0.15, 0.2) is 72.8 Å². The molecule has 0 radical (unpaired) electrons. The van der Waals surface area contributed by atoms with Crippen molar-refractivity contribution in [3.05, 3.63) is 106 Å². The molecule has 0 fully saturated rings. The van der Waals surface area contributed by atoms with Gasteiger partial charge >= 0.3 is 24.0 Å². The number of hydrogen-bond acceptors (Lipinski definition) is 6. The van der Waals surface area contributed by atoms with Crippen LogP contribution in [0.1, 0.15) is 43.0 Å². The van der Waals surface area contributed by atoms with E-state index in [2.05, 4.69) is 10.6 Å². The molecule has 0 aliphatic rings. The van der Waals surface area contributed by atoms with E-state index in [1.54, 1.807) is 72.8 Å². The number of esters is 2. The van der Waals surface area contributed by atoms with Crippen molar-refractivity contribution in [1.82, 2.24) is 10.6 Å². The molecule has 0 saturated carbocycles. The van der Waals surface area contributed by atoms with Gasteiger partial charge < -0.3 is 31.6 Å². The lowest BCUT2D eigenvalue weighted by atomic mass is 10.1. The van der Waals surface area contributed by atoms with Crippen LogP contribution in [0.5, 0.6) is 0 Å². The van der Waals surface area contributed by atoms with Gasteiger partial charge in [-0.3, -0.25) is 0 Å². The quantitative estimate of drug-likeness (QED) is 0.319. The van der Waals surface area contributed by atoms with Gasteiger partial charge in [0.2, 0.25) is 0 Å². The van der Waals surface area contributed by atoms with E-state index in [1.807, 2.05) is 0 Å². The fraction of sp³-hybridized carbons (Fsp3) is 0.154. The maximum absolute atomic E-state index is 12.3. The summed E-state index contributed by atoms with van der Waals surface area (Å²) in [5.41, 5.74) is 14.0. The van der Waals surface area contributed by atoms with Crippen molar-refractivity contribution in [3.8, 4) is 0 Å². The first-order chi connectivity index (χ1) is 17.3. The van der Waals surface area contributed by atoms with Crippen molar-refractivity contribution in [2.24, 2.45) is 11.5 Å². The molecule has 186 valence electrons. The third-order valence-corrected chi connectivity index (χ3v) is 5.08. The van der Waals surface area contributed by atoms with Gasteiger partial charge in [0.1, 0.15) is 13.2 Å². The number of amides is 4. The maximum Gasteiger partial charge on any atom is 0.338 e. The summed E-state index contributed by atoms with van der Waals surface area (Å²) in [6, 6.07) is 19.2. The van der Waals surface area contributed by atoms with Crippen molar-refractivity contribution < 1.29 is 28.7 Å². The highest BCUT2D eigenvalue weighted by molar-refractivity contribution is 5.90. The Balaban J connectivity index is 1.43. The summed E-state index contributed by atoms with van der Waals surface area (Å²) in [4.78, 5) is 46.1. The highest BCUT2D eigenvalue weighted by atomic mass is 16.5. The van der Waals surface area contributed by atoms with Gasteiger partial charge in [-0.2, -0.15) is 0 Å². The minimum absolute atomic E-state index is 0.0842. The maximum atomic E-state index is 12.3. The van der Waals surface area contributed by atoms with Gasteiger partial charge in [-0.25, -0.2) is 19.2 Å². The monoisotopic (exact) mass is 490 g/mol. The fourth-order valence-corrected chi connectivity index (χ4v) is 3.09.